The van der Waals surface area contributed by atoms with Gasteiger partial charge in [-0.25, -0.2) is 8.78 Å². The maximum atomic E-state index is 14.6. The summed E-state index contributed by atoms with van der Waals surface area (Å²) in [6.07, 6.45) is 4.45. The zero-order chi connectivity index (χ0) is 34.8. The zero-order valence-electron chi connectivity index (χ0n) is 27.6. The highest BCUT2D eigenvalue weighted by Crippen LogP contribution is 2.38. The van der Waals surface area contributed by atoms with Crippen LogP contribution < -0.4 is 15.4 Å². The molecule has 4 aromatic rings. The normalized spacial score (nSPS) is 18.7. The fourth-order valence-corrected chi connectivity index (χ4v) is 7.25. The highest BCUT2D eigenvalue weighted by atomic mass is 35.5. The third-order valence-electron chi connectivity index (χ3n) is 9.49. The zero-order valence-corrected chi connectivity index (χ0v) is 29.1. The lowest BCUT2D eigenvalue weighted by Crippen LogP contribution is -2.60. The predicted molar refractivity (Wildman–Crippen MR) is 188 cm³/mol. The van der Waals surface area contributed by atoms with Crippen molar-refractivity contribution in [3.05, 3.63) is 110 Å². The molecule has 0 unspecified atom stereocenters. The number of aryl methyl sites for hydroxylation is 1. The van der Waals surface area contributed by atoms with Crippen LogP contribution >= 0.6 is 23.2 Å². The van der Waals surface area contributed by atoms with E-state index in [4.69, 9.17) is 37.2 Å². The van der Waals surface area contributed by atoms with Crippen LogP contribution in [0.2, 0.25) is 10.0 Å². The Hall–Kier alpha value is -3.80. The van der Waals surface area contributed by atoms with E-state index in [1.807, 2.05) is 41.3 Å². The molecule has 3 heterocycles. The van der Waals surface area contributed by atoms with Gasteiger partial charge < -0.3 is 29.5 Å². The molecule has 1 saturated carbocycles. The smallest absolute Gasteiger partial charge is 0.252 e. The SMILES string of the molecule is COCCCc1ccc(Cl)c(CN(C(=O)C2=C(c3ccc(OCc4cc(-c5c(F)ccc(F)c5Cl)no4)cc3)C[C@@H]3CNC[C@H]2N3)C2CC2)c1. The van der Waals surface area contributed by atoms with E-state index in [1.54, 1.807) is 7.11 Å². The molecule has 262 valence electrons. The van der Waals surface area contributed by atoms with Crippen LogP contribution in [0, 0.1) is 11.6 Å². The molecule has 1 aromatic heterocycles. The molecule has 2 bridgehead atoms. The van der Waals surface area contributed by atoms with Crippen LogP contribution in [0.4, 0.5) is 8.78 Å². The molecule has 12 heteroatoms. The van der Waals surface area contributed by atoms with E-state index in [-0.39, 0.29) is 46.9 Å². The minimum absolute atomic E-state index is 0.0135. The number of fused-ring (bicyclic) bond motifs is 2. The third kappa shape index (κ3) is 7.60. The Morgan fingerprint density at radius 2 is 1.84 bits per heavy atom. The lowest BCUT2D eigenvalue weighted by atomic mass is 9.83. The van der Waals surface area contributed by atoms with Gasteiger partial charge in [0, 0.05) is 62.1 Å². The van der Waals surface area contributed by atoms with E-state index in [1.165, 1.54) is 11.6 Å². The molecule has 0 radical (unpaired) electrons. The van der Waals surface area contributed by atoms with Crippen molar-refractivity contribution >= 4 is 34.7 Å². The van der Waals surface area contributed by atoms with Crippen molar-refractivity contribution < 1.29 is 27.6 Å². The first-order valence-corrected chi connectivity index (χ1v) is 17.6. The summed E-state index contributed by atoms with van der Waals surface area (Å²) >= 11 is 12.7. The van der Waals surface area contributed by atoms with Gasteiger partial charge >= 0.3 is 0 Å². The highest BCUT2D eigenvalue weighted by molar-refractivity contribution is 6.33. The first-order valence-electron chi connectivity index (χ1n) is 16.9. The number of amides is 1. The van der Waals surface area contributed by atoms with Crippen LogP contribution in [-0.2, 0) is 29.1 Å². The largest absolute Gasteiger partial charge is 0.486 e. The first-order chi connectivity index (χ1) is 24.3. The fourth-order valence-electron chi connectivity index (χ4n) is 6.82. The first kappa shape index (κ1) is 34.6. The number of halogens is 4. The Bertz CT molecular complexity index is 1900. The molecule has 8 nitrogen and oxygen atoms in total. The van der Waals surface area contributed by atoms with Crippen LogP contribution in [0.15, 0.2) is 70.8 Å². The van der Waals surface area contributed by atoms with Gasteiger partial charge in [-0.15, -0.1) is 0 Å². The van der Waals surface area contributed by atoms with Crippen molar-refractivity contribution in [3.8, 4) is 17.0 Å². The van der Waals surface area contributed by atoms with Crippen LogP contribution in [0.1, 0.15) is 48.1 Å². The van der Waals surface area contributed by atoms with Crippen LogP contribution in [-0.4, -0.2) is 60.9 Å². The molecular weight excluding hydrogens is 685 g/mol. The Morgan fingerprint density at radius 3 is 2.62 bits per heavy atom. The van der Waals surface area contributed by atoms with E-state index < -0.39 is 11.6 Å². The minimum Gasteiger partial charge on any atom is -0.486 e. The van der Waals surface area contributed by atoms with Gasteiger partial charge in [0.1, 0.15) is 29.7 Å². The van der Waals surface area contributed by atoms with Crippen molar-refractivity contribution in [1.82, 2.24) is 20.7 Å². The molecule has 1 amide bonds. The molecule has 3 aliphatic rings. The van der Waals surface area contributed by atoms with E-state index in [0.29, 0.717) is 42.6 Å². The highest BCUT2D eigenvalue weighted by Gasteiger charge is 2.41. The molecule has 2 atom stereocenters. The quantitative estimate of drug-likeness (QED) is 0.110. The van der Waals surface area contributed by atoms with Gasteiger partial charge in [0.2, 0.25) is 0 Å². The summed E-state index contributed by atoms with van der Waals surface area (Å²) in [7, 11) is 1.71. The van der Waals surface area contributed by atoms with Crippen LogP contribution in [0.5, 0.6) is 5.75 Å². The van der Waals surface area contributed by atoms with E-state index >= 15 is 0 Å². The lowest BCUT2D eigenvalue weighted by molar-refractivity contribution is -0.128. The Kier molecular flexibility index (Phi) is 10.5. The number of rotatable bonds is 13. The van der Waals surface area contributed by atoms with Crippen molar-refractivity contribution in [2.75, 3.05) is 26.8 Å². The predicted octanol–water partition coefficient (Wildman–Crippen LogP) is 7.36. The van der Waals surface area contributed by atoms with Gasteiger partial charge in [-0.2, -0.15) is 0 Å². The number of aromatic nitrogens is 1. The average molecular weight is 724 g/mol. The Morgan fingerprint density at radius 1 is 1.04 bits per heavy atom. The van der Waals surface area contributed by atoms with E-state index in [2.05, 4.69) is 21.9 Å². The minimum atomic E-state index is -0.749. The Labute approximate surface area is 299 Å². The van der Waals surface area contributed by atoms with Gasteiger partial charge in [0.15, 0.2) is 5.76 Å². The van der Waals surface area contributed by atoms with Crippen molar-refractivity contribution in [1.29, 1.82) is 0 Å². The molecule has 7 rings (SSSR count). The summed E-state index contributed by atoms with van der Waals surface area (Å²) in [5.74, 6) is -0.519. The topological polar surface area (TPSA) is 88.9 Å². The van der Waals surface area contributed by atoms with Gasteiger partial charge in [0.05, 0.1) is 16.6 Å². The summed E-state index contributed by atoms with van der Waals surface area (Å²) in [5, 5.41) is 11.3. The Balaban J connectivity index is 1.10. The molecule has 3 aromatic carbocycles. The number of nitrogens with one attached hydrogen (secondary N) is 2. The standard InChI is InChI=1S/C38H38Cl2F2N4O4/c1-48-14-2-3-22-4-11-30(39)24(15-22)20-46(26-7-8-26)38(47)35-29(16-25-18-43-19-34(35)44-25)23-5-9-27(10-6-23)49-21-28-17-33(45-50-28)36-31(41)12-13-32(42)37(36)40/h4-6,9-13,15,17,25-26,34,43-44H,2-3,7-8,14,16,18-21H2,1H3/t25-,34-/m1/s1. The maximum absolute atomic E-state index is 14.6. The molecular formula is C38H38Cl2F2N4O4. The van der Waals surface area contributed by atoms with Gasteiger partial charge in [0.25, 0.3) is 5.91 Å². The van der Waals surface area contributed by atoms with Crippen molar-refractivity contribution in [3.63, 3.8) is 0 Å². The molecule has 2 aliphatic heterocycles. The monoisotopic (exact) mass is 722 g/mol. The number of methoxy groups -OCH3 is 1. The van der Waals surface area contributed by atoms with E-state index in [9.17, 15) is 13.6 Å². The summed E-state index contributed by atoms with van der Waals surface area (Å²) in [6, 6.07) is 17.5. The number of hydrogen-bond acceptors (Lipinski definition) is 7. The van der Waals surface area contributed by atoms with Gasteiger partial charge in [-0.3, -0.25) is 4.79 Å². The number of carbonyl (C=O) groups is 1. The molecule has 2 N–H and O–H groups in total. The maximum Gasteiger partial charge on any atom is 0.252 e. The van der Waals surface area contributed by atoms with Crippen molar-refractivity contribution in [2.45, 2.75) is 63.4 Å². The van der Waals surface area contributed by atoms with Gasteiger partial charge in [-0.1, -0.05) is 52.6 Å². The van der Waals surface area contributed by atoms with Crippen molar-refractivity contribution in [2.24, 2.45) is 0 Å². The molecule has 2 fully saturated rings. The second-order valence-electron chi connectivity index (χ2n) is 13.1. The summed E-state index contributed by atoms with van der Waals surface area (Å²) in [5.41, 5.74) is 4.84. The second kappa shape index (κ2) is 15.2. The molecule has 0 spiro atoms. The molecule has 50 heavy (non-hydrogen) atoms. The summed E-state index contributed by atoms with van der Waals surface area (Å²) in [6.45, 7) is 2.65. The second-order valence-corrected chi connectivity index (χ2v) is 13.9. The summed E-state index contributed by atoms with van der Waals surface area (Å²) < 4.78 is 44.8. The fraction of sp³-hybridized carbons (Fsp3) is 0.368. The number of benzene rings is 3. The van der Waals surface area contributed by atoms with Crippen LogP contribution in [0.3, 0.4) is 0 Å². The third-order valence-corrected chi connectivity index (χ3v) is 10.2. The summed E-state index contributed by atoms with van der Waals surface area (Å²) in [4.78, 5) is 16.6. The molecule has 1 aliphatic carbocycles. The van der Waals surface area contributed by atoms with Gasteiger partial charge in [-0.05, 0) is 84.7 Å². The number of nitrogens with zero attached hydrogens (tertiary/aromatic N) is 2. The molecule has 1 saturated heterocycles. The lowest BCUT2D eigenvalue weighted by Gasteiger charge is -2.41. The number of carbonyl (C=O) groups excluding carboxylic acids is 1. The average Bonchev–Trinajstić information content (AvgIpc) is 3.86. The van der Waals surface area contributed by atoms with Crippen LogP contribution in [0.25, 0.3) is 16.8 Å². The number of ether oxygens (including phenoxy) is 2. The number of hydrogen-bond donors (Lipinski definition) is 2. The van der Waals surface area contributed by atoms with E-state index in [0.717, 1.165) is 66.6 Å². The number of piperazine rings is 1.